The molecule has 8 heteroatoms. The number of Topliss-reactive ketones (excluding diaryl/α,β-unsaturated/α-hetero) is 1. The van der Waals surface area contributed by atoms with E-state index in [-0.39, 0.29) is 17.7 Å². The monoisotopic (exact) mass is 441 g/mol. The van der Waals surface area contributed by atoms with E-state index in [1.165, 1.54) is 14.2 Å². The van der Waals surface area contributed by atoms with E-state index < -0.39 is 29.2 Å². The van der Waals surface area contributed by atoms with Crippen LogP contribution in [0.2, 0.25) is 0 Å². The van der Waals surface area contributed by atoms with Crippen LogP contribution in [-0.4, -0.2) is 42.8 Å². The Morgan fingerprint density at radius 3 is 2.56 bits per heavy atom. The highest BCUT2D eigenvalue weighted by molar-refractivity contribution is 6.17. The lowest BCUT2D eigenvalue weighted by atomic mass is 9.61. The number of hydrogen-bond acceptors (Lipinski definition) is 8. The van der Waals surface area contributed by atoms with Crippen LogP contribution in [0.5, 0.6) is 11.5 Å². The van der Waals surface area contributed by atoms with Gasteiger partial charge in [-0.15, -0.1) is 0 Å². The number of esters is 1. The summed E-state index contributed by atoms with van der Waals surface area (Å²) in [5.41, 5.74) is 0.333. The molecule has 0 aliphatic heterocycles. The summed E-state index contributed by atoms with van der Waals surface area (Å²) in [6.07, 6.45) is 2.14. The summed E-state index contributed by atoms with van der Waals surface area (Å²) in [4.78, 5) is 27.1. The predicted molar refractivity (Wildman–Crippen MR) is 116 cm³/mol. The number of aromatic nitrogens is 1. The Morgan fingerprint density at radius 1 is 1.28 bits per heavy atom. The van der Waals surface area contributed by atoms with Crippen LogP contribution in [0.15, 0.2) is 16.2 Å². The largest absolute Gasteiger partial charge is 0.496 e. The van der Waals surface area contributed by atoms with E-state index in [1.54, 1.807) is 26.0 Å². The minimum absolute atomic E-state index is 0.136. The molecule has 3 atom stereocenters. The fourth-order valence-corrected chi connectivity index (χ4v) is 4.97. The van der Waals surface area contributed by atoms with E-state index in [0.717, 1.165) is 5.57 Å². The van der Waals surface area contributed by atoms with Crippen LogP contribution in [0.25, 0.3) is 17.3 Å². The van der Waals surface area contributed by atoms with Crippen molar-refractivity contribution in [2.75, 3.05) is 20.8 Å². The normalized spacial score (nSPS) is 23.2. The van der Waals surface area contributed by atoms with Gasteiger partial charge in [0.2, 0.25) is 5.78 Å². The summed E-state index contributed by atoms with van der Waals surface area (Å²) >= 11 is 0. The molecule has 0 spiro atoms. The first-order chi connectivity index (χ1) is 15.2. The number of hydrogen-bond donors (Lipinski definition) is 1. The van der Waals surface area contributed by atoms with Crippen molar-refractivity contribution < 1.29 is 33.4 Å². The molecule has 2 aromatic rings. The van der Waals surface area contributed by atoms with Crippen molar-refractivity contribution in [1.82, 2.24) is 5.16 Å². The standard InChI is InChI=1S/C24H27NO7/c1-7-31-23(27)19-12(4)9-16-20-21(25-32-16)18-15(30-6)10-14(29-5)13(8-11(2)3)17(18)22(26)24(19,20)28/h8,10,12,19,28H,7,9H2,1-6H3/t12-,19-,24+/m0/s1. The molecule has 1 heterocycles. The number of ether oxygens (including phenoxy) is 3. The molecule has 8 nitrogen and oxygen atoms in total. The van der Waals surface area contributed by atoms with Crippen LogP contribution in [-0.2, 0) is 21.6 Å². The molecule has 0 amide bonds. The molecule has 2 aliphatic rings. The van der Waals surface area contributed by atoms with Crippen LogP contribution >= 0.6 is 0 Å². The second kappa shape index (κ2) is 7.78. The lowest BCUT2D eigenvalue weighted by Gasteiger charge is -2.42. The van der Waals surface area contributed by atoms with Gasteiger partial charge in [0.15, 0.2) is 5.60 Å². The number of aliphatic hydroxyl groups is 1. The van der Waals surface area contributed by atoms with Crippen molar-refractivity contribution in [3.05, 3.63) is 34.1 Å². The van der Waals surface area contributed by atoms with Crippen LogP contribution in [0.4, 0.5) is 0 Å². The van der Waals surface area contributed by atoms with Gasteiger partial charge in [0.1, 0.15) is 28.9 Å². The average Bonchev–Trinajstić information content (AvgIpc) is 3.16. The van der Waals surface area contributed by atoms with Crippen LogP contribution in [0.3, 0.4) is 0 Å². The van der Waals surface area contributed by atoms with E-state index in [2.05, 4.69) is 5.16 Å². The Morgan fingerprint density at radius 2 is 1.97 bits per heavy atom. The lowest BCUT2D eigenvalue weighted by molar-refractivity contribution is -0.161. The van der Waals surface area contributed by atoms with Gasteiger partial charge in [0.05, 0.1) is 32.0 Å². The zero-order valence-electron chi connectivity index (χ0n) is 19.1. The Balaban J connectivity index is 2.12. The Kier molecular flexibility index (Phi) is 5.36. The highest BCUT2D eigenvalue weighted by Crippen LogP contribution is 2.56. The van der Waals surface area contributed by atoms with Gasteiger partial charge >= 0.3 is 5.97 Å². The van der Waals surface area contributed by atoms with Gasteiger partial charge in [0.25, 0.3) is 0 Å². The molecule has 0 saturated heterocycles. The first-order valence-corrected chi connectivity index (χ1v) is 10.6. The molecule has 0 unspecified atom stereocenters. The zero-order valence-corrected chi connectivity index (χ0v) is 19.1. The molecule has 0 fully saturated rings. The van der Waals surface area contributed by atoms with Crippen molar-refractivity contribution in [3.8, 4) is 22.8 Å². The minimum atomic E-state index is -2.18. The van der Waals surface area contributed by atoms with Crippen LogP contribution in [0, 0.1) is 11.8 Å². The molecule has 0 saturated carbocycles. The van der Waals surface area contributed by atoms with Crippen LogP contribution in [0.1, 0.15) is 54.9 Å². The predicted octanol–water partition coefficient (Wildman–Crippen LogP) is 3.54. The number of allylic oxidation sites excluding steroid dienone is 1. The molecule has 170 valence electrons. The highest BCUT2D eigenvalue weighted by Gasteiger charge is 2.62. The highest BCUT2D eigenvalue weighted by atomic mass is 16.5. The van der Waals surface area contributed by atoms with E-state index in [9.17, 15) is 14.7 Å². The maximum absolute atomic E-state index is 14.2. The number of nitrogens with zero attached hydrogens (tertiary/aromatic N) is 1. The summed E-state index contributed by atoms with van der Waals surface area (Å²) < 4.78 is 22.0. The second-order valence-corrected chi connectivity index (χ2v) is 8.50. The van der Waals surface area contributed by atoms with Crippen molar-refractivity contribution in [1.29, 1.82) is 0 Å². The first kappa shape index (κ1) is 22.1. The van der Waals surface area contributed by atoms with Gasteiger partial charge in [-0.05, 0) is 26.7 Å². The number of ketones is 1. The van der Waals surface area contributed by atoms with Gasteiger partial charge < -0.3 is 23.8 Å². The molecule has 2 aliphatic carbocycles. The number of carbonyl (C=O) groups excluding carboxylic acids is 2. The molecule has 1 N–H and O–H groups in total. The number of carbonyl (C=O) groups is 2. The summed E-state index contributed by atoms with van der Waals surface area (Å²) in [7, 11) is 2.98. The van der Waals surface area contributed by atoms with Crippen molar-refractivity contribution in [3.63, 3.8) is 0 Å². The van der Waals surface area contributed by atoms with E-state index in [1.807, 2.05) is 13.8 Å². The topological polar surface area (TPSA) is 108 Å². The van der Waals surface area contributed by atoms with Crippen molar-refractivity contribution in [2.24, 2.45) is 11.8 Å². The second-order valence-electron chi connectivity index (χ2n) is 8.50. The number of fused-ring (bicyclic) bond motifs is 2. The molecule has 4 rings (SSSR count). The van der Waals surface area contributed by atoms with Crippen molar-refractivity contribution in [2.45, 2.75) is 39.7 Å². The Hall–Kier alpha value is -3.13. The molecule has 0 radical (unpaired) electrons. The average molecular weight is 441 g/mol. The molecular formula is C24H27NO7. The Bertz CT molecular complexity index is 1140. The zero-order chi connectivity index (χ0) is 23.4. The maximum atomic E-state index is 14.2. The van der Waals surface area contributed by atoms with E-state index >= 15 is 0 Å². The third-order valence-corrected chi connectivity index (χ3v) is 6.19. The van der Waals surface area contributed by atoms with Crippen LogP contribution < -0.4 is 9.47 Å². The Labute approximate surface area is 186 Å². The fourth-order valence-electron chi connectivity index (χ4n) is 4.97. The third kappa shape index (κ3) is 2.89. The van der Waals surface area contributed by atoms with E-state index in [4.69, 9.17) is 18.7 Å². The number of rotatable bonds is 5. The van der Waals surface area contributed by atoms with Gasteiger partial charge in [0, 0.05) is 23.6 Å². The number of methoxy groups -OCH3 is 2. The van der Waals surface area contributed by atoms with Gasteiger partial charge in [-0.2, -0.15) is 0 Å². The SMILES string of the molecule is CCOC(=O)[C@@H]1[C@@H](C)Cc2onc3c2[C@@]1(O)C(=O)c1c(C=C(C)C)c(OC)cc(OC)c1-3. The summed E-state index contributed by atoms with van der Waals surface area (Å²) in [6, 6.07) is 1.68. The summed E-state index contributed by atoms with van der Waals surface area (Å²) in [5.74, 6) is -1.61. The minimum Gasteiger partial charge on any atom is -0.496 e. The molecule has 1 aromatic heterocycles. The maximum Gasteiger partial charge on any atom is 0.313 e. The first-order valence-electron chi connectivity index (χ1n) is 10.6. The van der Waals surface area contributed by atoms with Gasteiger partial charge in [-0.3, -0.25) is 9.59 Å². The molecule has 1 aromatic carbocycles. The summed E-state index contributed by atoms with van der Waals surface area (Å²) in [5, 5.41) is 16.2. The summed E-state index contributed by atoms with van der Waals surface area (Å²) in [6.45, 7) is 7.39. The molecular weight excluding hydrogens is 414 g/mol. The number of benzene rings is 1. The van der Waals surface area contributed by atoms with Gasteiger partial charge in [-0.25, -0.2) is 0 Å². The third-order valence-electron chi connectivity index (χ3n) is 6.19. The lowest BCUT2D eigenvalue weighted by Crippen LogP contribution is -2.54. The van der Waals surface area contributed by atoms with Crippen molar-refractivity contribution >= 4 is 17.8 Å². The van der Waals surface area contributed by atoms with E-state index in [0.29, 0.717) is 40.5 Å². The molecule has 0 bridgehead atoms. The van der Waals surface area contributed by atoms with Gasteiger partial charge in [-0.1, -0.05) is 23.7 Å². The quantitative estimate of drug-likeness (QED) is 0.702. The fraction of sp³-hybridized carbons (Fsp3) is 0.458. The smallest absolute Gasteiger partial charge is 0.313 e. The molecule has 32 heavy (non-hydrogen) atoms.